The van der Waals surface area contributed by atoms with Crippen LogP contribution in [0, 0.1) is 0 Å². The Morgan fingerprint density at radius 2 is 1.00 bits per heavy atom. The lowest BCUT2D eigenvalue weighted by Gasteiger charge is -2.43. The van der Waals surface area contributed by atoms with Gasteiger partial charge >= 0.3 is 6.09 Å². The van der Waals surface area contributed by atoms with E-state index in [1.54, 1.807) is 0 Å². The molecule has 0 spiro atoms. The number of hydrogen-bond donors (Lipinski definition) is 1. The highest BCUT2D eigenvalue weighted by atomic mass is 28.4. The molecule has 4 aromatic rings. The maximum absolute atomic E-state index is 12.3. The van der Waals surface area contributed by atoms with Gasteiger partial charge in [-0.15, -0.1) is 0 Å². The minimum Gasteiger partial charge on any atom is -0.449 e. The number of rotatable bonds is 20. The van der Waals surface area contributed by atoms with Gasteiger partial charge in [-0.25, -0.2) is 4.79 Å². The molecule has 1 aliphatic rings. The van der Waals surface area contributed by atoms with Gasteiger partial charge in [0.15, 0.2) is 0 Å². The average molecular weight is 698 g/mol. The molecule has 5 rings (SSSR count). The molecule has 0 aromatic heterocycles. The van der Waals surface area contributed by atoms with Crippen molar-refractivity contribution in [3.8, 4) is 11.1 Å². The van der Waals surface area contributed by atoms with Crippen LogP contribution in [0.3, 0.4) is 0 Å². The maximum Gasteiger partial charge on any atom is 0.407 e. The van der Waals surface area contributed by atoms with Gasteiger partial charge in [-0.05, 0) is 37.7 Å². The van der Waals surface area contributed by atoms with Crippen LogP contribution in [-0.2, 0) is 28.1 Å². The number of amides is 1. The molecule has 8 nitrogen and oxygen atoms in total. The third-order valence-corrected chi connectivity index (χ3v) is 14.0. The molecular formula is C41H51NO7Si. The summed E-state index contributed by atoms with van der Waals surface area (Å²) < 4.78 is 35.1. The normalized spacial score (nSPS) is 12.8. The van der Waals surface area contributed by atoms with Crippen LogP contribution in [0.15, 0.2) is 109 Å². The zero-order valence-electron chi connectivity index (χ0n) is 29.6. The van der Waals surface area contributed by atoms with Crippen molar-refractivity contribution in [1.29, 1.82) is 0 Å². The highest BCUT2D eigenvalue weighted by Crippen LogP contribution is 2.44. The average Bonchev–Trinajstić information content (AvgIpc) is 3.46. The highest BCUT2D eigenvalue weighted by molar-refractivity contribution is 6.99. The van der Waals surface area contributed by atoms with E-state index in [2.05, 4.69) is 111 Å². The van der Waals surface area contributed by atoms with Gasteiger partial charge in [-0.2, -0.15) is 0 Å². The van der Waals surface area contributed by atoms with Crippen molar-refractivity contribution in [2.75, 3.05) is 72.6 Å². The van der Waals surface area contributed by atoms with Gasteiger partial charge < -0.3 is 33.4 Å². The minimum atomic E-state index is -2.55. The van der Waals surface area contributed by atoms with Crippen LogP contribution in [0.2, 0.25) is 5.04 Å². The Hall–Kier alpha value is -3.83. The molecule has 1 amide bonds. The number of hydrogen-bond acceptors (Lipinski definition) is 7. The van der Waals surface area contributed by atoms with Crippen LogP contribution >= 0.6 is 0 Å². The molecule has 1 aliphatic carbocycles. The van der Waals surface area contributed by atoms with Crippen LogP contribution in [-0.4, -0.2) is 87.0 Å². The van der Waals surface area contributed by atoms with Crippen molar-refractivity contribution in [1.82, 2.24) is 5.32 Å². The van der Waals surface area contributed by atoms with E-state index in [4.69, 9.17) is 28.1 Å². The lowest BCUT2D eigenvalue weighted by Crippen LogP contribution is -2.66. The van der Waals surface area contributed by atoms with Crippen molar-refractivity contribution < 1.29 is 32.9 Å². The van der Waals surface area contributed by atoms with Crippen LogP contribution in [0.5, 0.6) is 0 Å². The van der Waals surface area contributed by atoms with E-state index in [1.807, 2.05) is 24.3 Å². The molecule has 0 saturated carbocycles. The Morgan fingerprint density at radius 3 is 1.48 bits per heavy atom. The number of benzene rings is 4. The molecule has 0 radical (unpaired) electrons. The topological polar surface area (TPSA) is 84.5 Å². The van der Waals surface area contributed by atoms with E-state index < -0.39 is 14.4 Å². The second kappa shape index (κ2) is 19.0. The predicted octanol–water partition coefficient (Wildman–Crippen LogP) is 6.17. The summed E-state index contributed by atoms with van der Waals surface area (Å²) in [5.41, 5.74) is 4.79. The SMILES string of the molecule is CC(C)(C)[Si](OCCOCCOCCOCCOCCNC(=O)OCC1c2ccccc2-c2ccccc21)(c1ccccc1)c1ccccc1. The molecule has 0 atom stereocenters. The Bertz CT molecular complexity index is 1510. The summed E-state index contributed by atoms with van der Waals surface area (Å²) in [5, 5.41) is 5.22. The Morgan fingerprint density at radius 1 is 0.580 bits per heavy atom. The molecular weight excluding hydrogens is 647 g/mol. The molecule has 4 aromatic carbocycles. The molecule has 0 heterocycles. The second-order valence-electron chi connectivity index (χ2n) is 13.2. The number of ether oxygens (including phenoxy) is 5. The molecule has 0 aliphatic heterocycles. The van der Waals surface area contributed by atoms with E-state index in [-0.39, 0.29) is 11.0 Å². The monoisotopic (exact) mass is 697 g/mol. The van der Waals surface area contributed by atoms with E-state index in [1.165, 1.54) is 32.6 Å². The molecule has 50 heavy (non-hydrogen) atoms. The molecule has 0 fully saturated rings. The third-order valence-electron chi connectivity index (χ3n) is 8.94. The Kier molecular flexibility index (Phi) is 14.2. The molecule has 0 bridgehead atoms. The van der Waals surface area contributed by atoms with Gasteiger partial charge in [0.05, 0.1) is 59.5 Å². The standard InChI is InChI=1S/C41H51NO7Si/c1-41(2,3)50(33-14-6-4-7-15-33,34-16-8-5-9-17-34)49-31-30-47-29-28-46-27-26-45-25-24-44-23-22-42-40(43)48-32-39-37-20-12-10-18-35(37)36-19-11-13-21-38(36)39/h4-21,39H,22-32H2,1-3H3,(H,42,43). The van der Waals surface area contributed by atoms with Gasteiger partial charge in [0.1, 0.15) is 6.61 Å². The van der Waals surface area contributed by atoms with E-state index in [0.29, 0.717) is 72.6 Å². The molecule has 1 N–H and O–H groups in total. The number of nitrogens with one attached hydrogen (secondary N) is 1. The summed E-state index contributed by atoms with van der Waals surface area (Å²) >= 11 is 0. The number of carbonyl (C=O) groups excluding carboxylic acids is 1. The lowest BCUT2D eigenvalue weighted by molar-refractivity contribution is -0.00459. The Balaban J connectivity index is 0.870. The van der Waals surface area contributed by atoms with Crippen LogP contribution in [0.25, 0.3) is 11.1 Å². The van der Waals surface area contributed by atoms with Crippen molar-refractivity contribution in [2.24, 2.45) is 0 Å². The zero-order valence-corrected chi connectivity index (χ0v) is 30.6. The quantitative estimate of drug-likeness (QED) is 0.0874. The van der Waals surface area contributed by atoms with E-state index in [9.17, 15) is 4.79 Å². The van der Waals surface area contributed by atoms with Crippen LogP contribution in [0.4, 0.5) is 4.79 Å². The van der Waals surface area contributed by atoms with Gasteiger partial charge in [-0.3, -0.25) is 0 Å². The summed E-state index contributed by atoms with van der Waals surface area (Å²) in [7, 11) is -2.55. The number of fused-ring (bicyclic) bond motifs is 3. The summed E-state index contributed by atoms with van der Waals surface area (Å²) in [6.07, 6.45) is -0.445. The second-order valence-corrected chi connectivity index (χ2v) is 17.5. The van der Waals surface area contributed by atoms with Crippen molar-refractivity contribution in [3.63, 3.8) is 0 Å². The fourth-order valence-electron chi connectivity index (χ4n) is 6.65. The first kappa shape index (κ1) is 37.4. The summed E-state index contributed by atoms with van der Waals surface area (Å²) in [4.78, 5) is 12.3. The van der Waals surface area contributed by atoms with Gasteiger partial charge in [0.2, 0.25) is 0 Å². The van der Waals surface area contributed by atoms with Gasteiger partial charge in [0.25, 0.3) is 8.32 Å². The van der Waals surface area contributed by atoms with Crippen molar-refractivity contribution in [3.05, 3.63) is 120 Å². The first-order valence-electron chi connectivity index (χ1n) is 17.6. The molecule has 0 saturated heterocycles. The van der Waals surface area contributed by atoms with Gasteiger partial charge in [0, 0.05) is 12.5 Å². The van der Waals surface area contributed by atoms with Crippen LogP contribution in [0.1, 0.15) is 37.8 Å². The largest absolute Gasteiger partial charge is 0.449 e. The van der Waals surface area contributed by atoms with Crippen molar-refractivity contribution >= 4 is 24.8 Å². The minimum absolute atomic E-state index is 0.0405. The first-order chi connectivity index (χ1) is 24.4. The predicted molar refractivity (Wildman–Crippen MR) is 200 cm³/mol. The molecule has 0 unspecified atom stereocenters. The van der Waals surface area contributed by atoms with Crippen molar-refractivity contribution in [2.45, 2.75) is 31.7 Å². The highest BCUT2D eigenvalue weighted by Gasteiger charge is 2.50. The summed E-state index contributed by atoms with van der Waals surface area (Å²) in [6, 6.07) is 37.8. The smallest absolute Gasteiger partial charge is 0.407 e. The third kappa shape index (κ3) is 9.69. The first-order valence-corrected chi connectivity index (χ1v) is 19.5. The van der Waals surface area contributed by atoms with E-state index in [0.717, 1.165) is 0 Å². The Labute approximate surface area is 298 Å². The number of carbonyl (C=O) groups is 1. The van der Waals surface area contributed by atoms with Crippen LogP contribution < -0.4 is 15.7 Å². The number of alkyl carbamates (subject to hydrolysis) is 1. The molecule has 266 valence electrons. The fourth-order valence-corrected chi connectivity index (χ4v) is 11.2. The zero-order chi connectivity index (χ0) is 35.1. The van der Waals surface area contributed by atoms with E-state index >= 15 is 0 Å². The summed E-state index contributed by atoms with van der Waals surface area (Å²) in [6.45, 7) is 11.7. The molecule has 9 heteroatoms. The van der Waals surface area contributed by atoms with Gasteiger partial charge in [-0.1, -0.05) is 130 Å². The summed E-state index contributed by atoms with van der Waals surface area (Å²) in [5.74, 6) is 0.0405. The maximum atomic E-state index is 12.3. The fraction of sp³-hybridized carbons (Fsp3) is 0.390. The lowest BCUT2D eigenvalue weighted by atomic mass is 9.98.